The van der Waals surface area contributed by atoms with E-state index < -0.39 is 0 Å². The van der Waals surface area contributed by atoms with Crippen molar-refractivity contribution in [1.82, 2.24) is 15.1 Å². The summed E-state index contributed by atoms with van der Waals surface area (Å²) in [4.78, 5) is 0. The van der Waals surface area contributed by atoms with Crippen LogP contribution >= 0.6 is 0 Å². The number of nitrogens with zero attached hydrogens (tertiary/aromatic N) is 2. The van der Waals surface area contributed by atoms with Crippen molar-refractivity contribution in [2.45, 2.75) is 52.3 Å². The number of rotatable bonds is 8. The third-order valence-corrected chi connectivity index (χ3v) is 2.59. The van der Waals surface area contributed by atoms with Gasteiger partial charge in [-0.05, 0) is 25.8 Å². The van der Waals surface area contributed by atoms with Gasteiger partial charge in [-0.3, -0.25) is 4.68 Å². The molecule has 2 N–H and O–H groups in total. The molecule has 0 aliphatic carbocycles. The second kappa shape index (κ2) is 7.41. The average molecular weight is 225 g/mol. The SMILES string of the molecule is CCCn1cc(CNCCC(O)CC)cn1. The van der Waals surface area contributed by atoms with Crippen molar-refractivity contribution in [2.24, 2.45) is 0 Å². The number of nitrogens with one attached hydrogen (secondary N) is 1. The smallest absolute Gasteiger partial charge is 0.0549 e. The molecule has 4 heteroatoms. The van der Waals surface area contributed by atoms with Crippen molar-refractivity contribution in [1.29, 1.82) is 0 Å². The number of aliphatic hydroxyl groups is 1. The average Bonchev–Trinajstić information content (AvgIpc) is 2.72. The first-order valence-corrected chi connectivity index (χ1v) is 6.16. The van der Waals surface area contributed by atoms with E-state index in [1.807, 2.05) is 17.8 Å². The van der Waals surface area contributed by atoms with Crippen molar-refractivity contribution < 1.29 is 5.11 Å². The van der Waals surface area contributed by atoms with Gasteiger partial charge < -0.3 is 10.4 Å². The molecule has 0 amide bonds. The van der Waals surface area contributed by atoms with Crippen LogP contribution < -0.4 is 5.32 Å². The van der Waals surface area contributed by atoms with Crippen molar-refractivity contribution in [3.63, 3.8) is 0 Å². The Morgan fingerprint density at radius 3 is 3.00 bits per heavy atom. The molecule has 0 bridgehead atoms. The summed E-state index contributed by atoms with van der Waals surface area (Å²) < 4.78 is 1.97. The number of aliphatic hydroxyl groups excluding tert-OH is 1. The fraction of sp³-hybridized carbons (Fsp3) is 0.750. The van der Waals surface area contributed by atoms with Crippen LogP contribution in [0.3, 0.4) is 0 Å². The fourth-order valence-electron chi connectivity index (χ4n) is 1.55. The van der Waals surface area contributed by atoms with E-state index in [2.05, 4.69) is 23.5 Å². The monoisotopic (exact) mass is 225 g/mol. The first-order chi connectivity index (χ1) is 7.76. The highest BCUT2D eigenvalue weighted by atomic mass is 16.3. The van der Waals surface area contributed by atoms with Crippen LogP contribution in [0.25, 0.3) is 0 Å². The van der Waals surface area contributed by atoms with Crippen molar-refractivity contribution in [2.75, 3.05) is 6.54 Å². The molecule has 0 aliphatic heterocycles. The van der Waals surface area contributed by atoms with E-state index in [1.54, 1.807) is 0 Å². The van der Waals surface area contributed by atoms with Crippen LogP contribution in [0.5, 0.6) is 0 Å². The Morgan fingerprint density at radius 2 is 2.31 bits per heavy atom. The largest absolute Gasteiger partial charge is 0.393 e. The zero-order chi connectivity index (χ0) is 11.8. The quantitative estimate of drug-likeness (QED) is 0.660. The molecular formula is C12H23N3O. The Bertz CT molecular complexity index is 286. The maximum absolute atomic E-state index is 9.37. The topological polar surface area (TPSA) is 50.1 Å². The Morgan fingerprint density at radius 1 is 1.50 bits per heavy atom. The highest BCUT2D eigenvalue weighted by Gasteiger charge is 2.00. The lowest BCUT2D eigenvalue weighted by atomic mass is 10.2. The van der Waals surface area contributed by atoms with Crippen LogP contribution in [-0.2, 0) is 13.1 Å². The summed E-state index contributed by atoms with van der Waals surface area (Å²) in [6.07, 6.45) is 6.56. The third kappa shape index (κ3) is 4.77. The van der Waals surface area contributed by atoms with Gasteiger partial charge in [-0.15, -0.1) is 0 Å². The molecule has 1 aromatic heterocycles. The normalized spacial score (nSPS) is 12.9. The molecule has 92 valence electrons. The zero-order valence-corrected chi connectivity index (χ0v) is 10.3. The molecule has 0 saturated heterocycles. The molecular weight excluding hydrogens is 202 g/mol. The highest BCUT2D eigenvalue weighted by Crippen LogP contribution is 1.99. The molecule has 1 aromatic rings. The van der Waals surface area contributed by atoms with Gasteiger partial charge in [0.25, 0.3) is 0 Å². The number of hydrogen-bond donors (Lipinski definition) is 2. The van der Waals surface area contributed by atoms with E-state index in [0.717, 1.165) is 38.9 Å². The van der Waals surface area contributed by atoms with Gasteiger partial charge in [0.2, 0.25) is 0 Å². The lowest BCUT2D eigenvalue weighted by molar-refractivity contribution is 0.159. The summed E-state index contributed by atoms with van der Waals surface area (Å²) in [6, 6.07) is 0. The Balaban J connectivity index is 2.16. The molecule has 0 radical (unpaired) electrons. The Hall–Kier alpha value is -0.870. The summed E-state index contributed by atoms with van der Waals surface area (Å²) in [5.41, 5.74) is 1.21. The third-order valence-electron chi connectivity index (χ3n) is 2.59. The van der Waals surface area contributed by atoms with Gasteiger partial charge in [0, 0.05) is 24.8 Å². The predicted molar refractivity (Wildman–Crippen MR) is 65.1 cm³/mol. The minimum absolute atomic E-state index is 0.171. The van der Waals surface area contributed by atoms with Gasteiger partial charge in [-0.2, -0.15) is 5.10 Å². The molecule has 1 rings (SSSR count). The summed E-state index contributed by atoms with van der Waals surface area (Å²) in [5, 5.41) is 16.9. The minimum Gasteiger partial charge on any atom is -0.393 e. The highest BCUT2D eigenvalue weighted by molar-refractivity contribution is 5.03. The Kier molecular flexibility index (Phi) is 6.11. The zero-order valence-electron chi connectivity index (χ0n) is 10.3. The van der Waals surface area contributed by atoms with Crippen LogP contribution in [0.1, 0.15) is 38.7 Å². The molecule has 1 atom stereocenters. The van der Waals surface area contributed by atoms with E-state index in [0.29, 0.717) is 0 Å². The summed E-state index contributed by atoms with van der Waals surface area (Å²) in [7, 11) is 0. The molecule has 0 spiro atoms. The van der Waals surface area contributed by atoms with Gasteiger partial charge in [0.1, 0.15) is 0 Å². The van der Waals surface area contributed by atoms with Gasteiger partial charge >= 0.3 is 0 Å². The standard InChI is InChI=1S/C12H23N3O/c1-3-7-15-10-11(9-14-15)8-13-6-5-12(16)4-2/h9-10,12-13,16H,3-8H2,1-2H3. The van der Waals surface area contributed by atoms with Gasteiger partial charge in [0.15, 0.2) is 0 Å². The number of hydrogen-bond acceptors (Lipinski definition) is 3. The van der Waals surface area contributed by atoms with Gasteiger partial charge in [0.05, 0.1) is 12.3 Å². The summed E-state index contributed by atoms with van der Waals surface area (Å²) in [5.74, 6) is 0. The van der Waals surface area contributed by atoms with Crippen LogP contribution in [0.4, 0.5) is 0 Å². The molecule has 4 nitrogen and oxygen atoms in total. The van der Waals surface area contributed by atoms with E-state index in [-0.39, 0.29) is 6.10 Å². The number of aromatic nitrogens is 2. The van der Waals surface area contributed by atoms with Gasteiger partial charge in [-0.25, -0.2) is 0 Å². The predicted octanol–water partition coefficient (Wildman–Crippen LogP) is 1.54. The molecule has 0 fully saturated rings. The van der Waals surface area contributed by atoms with E-state index >= 15 is 0 Å². The first kappa shape index (κ1) is 13.2. The maximum Gasteiger partial charge on any atom is 0.0549 e. The van der Waals surface area contributed by atoms with E-state index in [1.165, 1.54) is 5.56 Å². The number of aryl methyl sites for hydroxylation is 1. The maximum atomic E-state index is 9.37. The van der Waals surface area contributed by atoms with Crippen LogP contribution in [0, 0.1) is 0 Å². The van der Waals surface area contributed by atoms with E-state index in [9.17, 15) is 5.11 Å². The Labute approximate surface area is 97.7 Å². The van der Waals surface area contributed by atoms with Crippen molar-refractivity contribution >= 4 is 0 Å². The second-order valence-corrected chi connectivity index (χ2v) is 4.14. The van der Waals surface area contributed by atoms with Crippen LogP contribution in [-0.4, -0.2) is 27.5 Å². The molecule has 0 saturated carbocycles. The minimum atomic E-state index is -0.171. The molecule has 16 heavy (non-hydrogen) atoms. The van der Waals surface area contributed by atoms with E-state index in [4.69, 9.17) is 0 Å². The van der Waals surface area contributed by atoms with Crippen LogP contribution in [0.2, 0.25) is 0 Å². The lowest BCUT2D eigenvalue weighted by Crippen LogP contribution is -2.19. The molecule has 1 unspecified atom stereocenters. The lowest BCUT2D eigenvalue weighted by Gasteiger charge is -2.07. The van der Waals surface area contributed by atoms with Crippen molar-refractivity contribution in [3.05, 3.63) is 18.0 Å². The molecule has 0 aromatic carbocycles. The van der Waals surface area contributed by atoms with Gasteiger partial charge in [-0.1, -0.05) is 13.8 Å². The first-order valence-electron chi connectivity index (χ1n) is 6.16. The molecule has 1 heterocycles. The summed E-state index contributed by atoms with van der Waals surface area (Å²) >= 11 is 0. The van der Waals surface area contributed by atoms with Crippen LogP contribution in [0.15, 0.2) is 12.4 Å². The molecule has 0 aliphatic rings. The van der Waals surface area contributed by atoms with Crippen molar-refractivity contribution in [3.8, 4) is 0 Å². The second-order valence-electron chi connectivity index (χ2n) is 4.14. The summed E-state index contributed by atoms with van der Waals surface area (Å²) in [6.45, 7) is 6.81. The fourth-order valence-corrected chi connectivity index (χ4v) is 1.55.